The highest BCUT2D eigenvalue weighted by Crippen LogP contribution is 2.17. The molecule has 1 amide bonds. The molecule has 2 N–H and O–H groups in total. The summed E-state index contributed by atoms with van der Waals surface area (Å²) in [5.41, 5.74) is 6.02. The number of likely N-dealkylation sites (N-methyl/N-ethyl adjacent to an activating group) is 2. The third-order valence-electron chi connectivity index (χ3n) is 3.45. The molecule has 1 aliphatic rings. The van der Waals surface area contributed by atoms with Crippen LogP contribution in [0.3, 0.4) is 0 Å². The number of nitrogens with two attached hydrogens (primary N) is 1. The van der Waals surface area contributed by atoms with E-state index in [-0.39, 0.29) is 5.91 Å². The molecule has 0 spiro atoms. The van der Waals surface area contributed by atoms with Crippen molar-refractivity contribution in [1.29, 1.82) is 0 Å². The van der Waals surface area contributed by atoms with Crippen LogP contribution >= 0.6 is 11.3 Å². The van der Waals surface area contributed by atoms with Gasteiger partial charge in [-0.1, -0.05) is 0 Å². The van der Waals surface area contributed by atoms with E-state index < -0.39 is 0 Å². The zero-order valence-electron chi connectivity index (χ0n) is 10.9. The van der Waals surface area contributed by atoms with Crippen LogP contribution < -0.4 is 5.73 Å². The lowest BCUT2D eigenvalue weighted by Gasteiger charge is -2.25. The van der Waals surface area contributed by atoms with Crippen molar-refractivity contribution in [3.8, 4) is 0 Å². The normalized spacial score (nSPS) is 20.3. The molecular formula is C12H20N4OS. The van der Waals surface area contributed by atoms with Gasteiger partial charge >= 0.3 is 0 Å². The average Bonchev–Trinajstić information content (AvgIpc) is 2.98. The molecule has 1 aromatic heterocycles. The van der Waals surface area contributed by atoms with Gasteiger partial charge in [-0.2, -0.15) is 0 Å². The lowest BCUT2D eigenvalue weighted by molar-refractivity contribution is 0.0756. The van der Waals surface area contributed by atoms with Crippen molar-refractivity contribution < 1.29 is 4.79 Å². The summed E-state index contributed by atoms with van der Waals surface area (Å²) in [6.07, 6.45) is 2.39. The lowest BCUT2D eigenvalue weighted by atomic mass is 10.2. The summed E-state index contributed by atoms with van der Waals surface area (Å²) in [7, 11) is 3.96. The van der Waals surface area contributed by atoms with Gasteiger partial charge < -0.3 is 15.5 Å². The first-order valence-corrected chi connectivity index (χ1v) is 7.10. The minimum Gasteiger partial charge on any atom is -0.339 e. The fraction of sp³-hybridized carbons (Fsp3) is 0.667. The highest BCUT2D eigenvalue weighted by Gasteiger charge is 2.25. The number of likely N-dealkylation sites (tertiary alicyclic amines) is 1. The summed E-state index contributed by atoms with van der Waals surface area (Å²) >= 11 is 1.44. The van der Waals surface area contributed by atoms with Gasteiger partial charge in [-0.05, 0) is 26.4 Å². The molecule has 1 saturated heterocycles. The van der Waals surface area contributed by atoms with Crippen LogP contribution in [0.5, 0.6) is 0 Å². The van der Waals surface area contributed by atoms with E-state index in [2.05, 4.69) is 16.9 Å². The Labute approximate surface area is 112 Å². The maximum Gasteiger partial charge on any atom is 0.273 e. The van der Waals surface area contributed by atoms with Crippen molar-refractivity contribution in [2.24, 2.45) is 5.73 Å². The van der Waals surface area contributed by atoms with Gasteiger partial charge in [-0.15, -0.1) is 11.3 Å². The fourth-order valence-electron chi connectivity index (χ4n) is 2.31. The van der Waals surface area contributed by atoms with Crippen LogP contribution in [0.2, 0.25) is 0 Å². The van der Waals surface area contributed by atoms with E-state index in [0.29, 0.717) is 18.3 Å². The van der Waals surface area contributed by atoms with E-state index in [1.807, 2.05) is 7.05 Å². The maximum absolute atomic E-state index is 12.2. The Balaban J connectivity index is 1.95. The summed E-state index contributed by atoms with van der Waals surface area (Å²) < 4.78 is 0. The molecule has 0 radical (unpaired) electrons. The number of nitrogens with zero attached hydrogens (tertiary/aromatic N) is 3. The van der Waals surface area contributed by atoms with Gasteiger partial charge in [0.15, 0.2) is 0 Å². The summed E-state index contributed by atoms with van der Waals surface area (Å²) in [4.78, 5) is 20.5. The van der Waals surface area contributed by atoms with Crippen LogP contribution in [-0.2, 0) is 6.54 Å². The Morgan fingerprint density at radius 2 is 2.50 bits per heavy atom. The summed E-state index contributed by atoms with van der Waals surface area (Å²) in [5.74, 6) is -0.00810. The molecule has 6 heteroatoms. The second kappa shape index (κ2) is 5.77. The molecule has 1 atom stereocenters. The molecule has 2 rings (SSSR count). The van der Waals surface area contributed by atoms with Crippen molar-refractivity contribution in [3.05, 3.63) is 16.1 Å². The molecule has 2 heterocycles. The molecule has 1 unspecified atom stereocenters. The Morgan fingerprint density at radius 3 is 3.06 bits per heavy atom. The number of hydrogen-bond acceptors (Lipinski definition) is 5. The zero-order chi connectivity index (χ0) is 13.1. The van der Waals surface area contributed by atoms with E-state index in [0.717, 1.165) is 18.1 Å². The van der Waals surface area contributed by atoms with Crippen LogP contribution in [0, 0.1) is 0 Å². The monoisotopic (exact) mass is 268 g/mol. The van der Waals surface area contributed by atoms with E-state index in [4.69, 9.17) is 5.73 Å². The smallest absolute Gasteiger partial charge is 0.273 e. The third-order valence-corrected chi connectivity index (χ3v) is 4.32. The first kappa shape index (κ1) is 13.5. The van der Waals surface area contributed by atoms with Gasteiger partial charge in [0.2, 0.25) is 0 Å². The van der Waals surface area contributed by atoms with Crippen molar-refractivity contribution >= 4 is 17.2 Å². The maximum atomic E-state index is 12.2. The molecule has 1 fully saturated rings. The van der Waals surface area contributed by atoms with Crippen LogP contribution in [0.15, 0.2) is 5.38 Å². The molecule has 1 aliphatic heterocycles. The highest BCUT2D eigenvalue weighted by atomic mass is 32.1. The standard InChI is InChI=1S/C12H20N4OS/c1-15-5-3-4-9(15)7-16(2)12(17)10-8-18-11(6-13)14-10/h8-9H,3-7,13H2,1-2H3. The predicted molar refractivity (Wildman–Crippen MR) is 72.6 cm³/mol. The lowest BCUT2D eigenvalue weighted by Crippen LogP contribution is -2.39. The van der Waals surface area contributed by atoms with Crippen LogP contribution in [0.4, 0.5) is 0 Å². The summed E-state index contributed by atoms with van der Waals surface area (Å²) in [6.45, 7) is 2.29. The molecule has 0 aliphatic carbocycles. The minimum absolute atomic E-state index is 0.00810. The molecule has 0 aromatic carbocycles. The quantitative estimate of drug-likeness (QED) is 0.876. The Bertz CT molecular complexity index is 420. The highest BCUT2D eigenvalue weighted by molar-refractivity contribution is 7.09. The van der Waals surface area contributed by atoms with Crippen LogP contribution in [-0.4, -0.2) is 53.9 Å². The molecule has 5 nitrogen and oxygen atoms in total. The molecule has 100 valence electrons. The molecule has 0 saturated carbocycles. The summed E-state index contributed by atoms with van der Waals surface area (Å²) in [6, 6.07) is 0.478. The van der Waals surface area contributed by atoms with Gasteiger partial charge in [0.25, 0.3) is 5.91 Å². The van der Waals surface area contributed by atoms with E-state index >= 15 is 0 Å². The number of thiazole rings is 1. The zero-order valence-corrected chi connectivity index (χ0v) is 11.7. The van der Waals surface area contributed by atoms with E-state index in [9.17, 15) is 4.79 Å². The van der Waals surface area contributed by atoms with Gasteiger partial charge in [0.1, 0.15) is 10.7 Å². The number of aromatic nitrogens is 1. The van der Waals surface area contributed by atoms with Gasteiger partial charge in [-0.3, -0.25) is 4.79 Å². The molecule has 18 heavy (non-hydrogen) atoms. The largest absolute Gasteiger partial charge is 0.339 e. The van der Waals surface area contributed by atoms with Crippen LogP contribution in [0.25, 0.3) is 0 Å². The summed E-state index contributed by atoms with van der Waals surface area (Å²) in [5, 5.41) is 2.60. The second-order valence-electron chi connectivity index (χ2n) is 4.79. The number of hydrogen-bond donors (Lipinski definition) is 1. The first-order chi connectivity index (χ1) is 8.61. The number of carbonyl (C=O) groups is 1. The first-order valence-electron chi connectivity index (χ1n) is 6.22. The van der Waals surface area contributed by atoms with Crippen LogP contribution in [0.1, 0.15) is 28.3 Å². The number of amides is 1. The fourth-order valence-corrected chi connectivity index (χ4v) is 2.96. The van der Waals surface area contributed by atoms with Gasteiger partial charge in [0.05, 0.1) is 0 Å². The van der Waals surface area contributed by atoms with Crippen molar-refractivity contribution in [2.45, 2.75) is 25.4 Å². The predicted octanol–water partition coefficient (Wildman–Crippen LogP) is 0.768. The topological polar surface area (TPSA) is 62.5 Å². The number of rotatable bonds is 4. The number of carbonyl (C=O) groups excluding carboxylic acids is 1. The SMILES string of the molecule is CN(CC1CCCN1C)C(=O)c1csc(CN)n1. The van der Waals surface area contributed by atoms with E-state index in [1.54, 1.807) is 10.3 Å². The Kier molecular flexibility index (Phi) is 4.31. The molecule has 0 bridgehead atoms. The third kappa shape index (κ3) is 2.88. The van der Waals surface area contributed by atoms with E-state index in [1.165, 1.54) is 24.2 Å². The molecular weight excluding hydrogens is 248 g/mol. The van der Waals surface area contributed by atoms with Crippen molar-refractivity contribution in [2.75, 3.05) is 27.2 Å². The van der Waals surface area contributed by atoms with Crippen molar-refractivity contribution in [1.82, 2.24) is 14.8 Å². The Morgan fingerprint density at radius 1 is 1.72 bits per heavy atom. The molecule has 1 aromatic rings. The minimum atomic E-state index is -0.00810. The van der Waals surface area contributed by atoms with Crippen molar-refractivity contribution in [3.63, 3.8) is 0 Å². The average molecular weight is 268 g/mol. The van der Waals surface area contributed by atoms with Gasteiger partial charge in [-0.25, -0.2) is 4.98 Å². The Hall–Kier alpha value is -0.980. The van der Waals surface area contributed by atoms with Gasteiger partial charge in [0, 0.05) is 31.6 Å². The second-order valence-corrected chi connectivity index (χ2v) is 5.74.